The molecule has 0 aliphatic heterocycles. The van der Waals surface area contributed by atoms with Gasteiger partial charge in [0, 0.05) is 11.3 Å². The lowest BCUT2D eigenvalue weighted by molar-refractivity contribution is -0.0693. The van der Waals surface area contributed by atoms with Gasteiger partial charge >= 0.3 is 0 Å². The van der Waals surface area contributed by atoms with Crippen molar-refractivity contribution in [2.75, 3.05) is 0 Å². The van der Waals surface area contributed by atoms with E-state index in [1.54, 1.807) is 0 Å². The Balaban J connectivity index is 1.30. The van der Waals surface area contributed by atoms with Crippen molar-refractivity contribution in [3.63, 3.8) is 0 Å². The third kappa shape index (κ3) is 5.19. The second-order valence-electron chi connectivity index (χ2n) is 19.7. The maximum absolute atomic E-state index is 16.0. The zero-order valence-electron chi connectivity index (χ0n) is 30.8. The normalized spacial score (nSPS) is 35.4. The van der Waals surface area contributed by atoms with E-state index < -0.39 is 5.67 Å². The minimum absolute atomic E-state index is 0.153. The summed E-state index contributed by atoms with van der Waals surface area (Å²) in [5, 5.41) is 0. The van der Waals surface area contributed by atoms with Gasteiger partial charge in [-0.3, -0.25) is 0 Å². The van der Waals surface area contributed by atoms with Crippen molar-refractivity contribution in [2.45, 2.75) is 151 Å². The second kappa shape index (κ2) is 10.8. The van der Waals surface area contributed by atoms with Gasteiger partial charge in [0.1, 0.15) is 5.67 Å². The highest BCUT2D eigenvalue weighted by molar-refractivity contribution is 5.64. The molecule has 0 heterocycles. The molecule has 2 aromatic carbocycles. The van der Waals surface area contributed by atoms with Crippen LogP contribution < -0.4 is 0 Å². The first-order valence-electron chi connectivity index (χ1n) is 19.1. The van der Waals surface area contributed by atoms with E-state index in [1.165, 1.54) is 99.3 Å². The summed E-state index contributed by atoms with van der Waals surface area (Å²) in [5.74, 6) is 2.19. The lowest BCUT2D eigenvalue weighted by Gasteiger charge is -2.60. The van der Waals surface area contributed by atoms with Crippen LogP contribution in [0.15, 0.2) is 59.7 Å². The Morgan fingerprint density at radius 2 is 1.33 bits per heavy atom. The minimum Gasteiger partial charge on any atom is -0.244 e. The van der Waals surface area contributed by atoms with Crippen LogP contribution in [0, 0.1) is 51.8 Å². The van der Waals surface area contributed by atoms with Crippen molar-refractivity contribution in [3.8, 4) is 11.1 Å². The summed E-state index contributed by atoms with van der Waals surface area (Å²) in [6, 6.07) is 18.7. The fraction of sp³-hybridized carbons (Fsp3) is 0.689. The molecule has 0 saturated heterocycles. The number of hydrogen-bond acceptors (Lipinski definition) is 0. The number of benzene rings is 2. The van der Waals surface area contributed by atoms with E-state index >= 15 is 4.39 Å². The van der Waals surface area contributed by atoms with Gasteiger partial charge in [-0.15, -0.1) is 0 Å². The lowest BCUT2D eigenvalue weighted by Crippen LogP contribution is -2.52. The molecule has 5 unspecified atom stereocenters. The topological polar surface area (TPSA) is 0 Å². The number of halogens is 1. The van der Waals surface area contributed by atoms with E-state index in [1.807, 2.05) is 25.0 Å². The van der Waals surface area contributed by atoms with Crippen LogP contribution in [0.25, 0.3) is 11.1 Å². The predicted molar refractivity (Wildman–Crippen MR) is 194 cm³/mol. The van der Waals surface area contributed by atoms with Crippen molar-refractivity contribution in [2.24, 2.45) is 44.8 Å². The van der Waals surface area contributed by atoms with Crippen molar-refractivity contribution in [1.29, 1.82) is 0 Å². The van der Waals surface area contributed by atoms with Gasteiger partial charge in [-0.25, -0.2) is 4.39 Å². The van der Waals surface area contributed by atoms with E-state index in [0.29, 0.717) is 39.9 Å². The molecule has 0 radical (unpaired) electrons. The smallest absolute Gasteiger partial charge is 0.110 e. The molecule has 46 heavy (non-hydrogen) atoms. The SMILES string of the molecule is Cc1ccc(-c2ccc(C3CC4(C)C(CCC4C(C)(C)C(C)(C)F)C4CC[C@@]5(C)CC6(CCC5=C34)CCC(C)(C)CC6)cc2)cc1. The Morgan fingerprint density at radius 1 is 0.717 bits per heavy atom. The molecule has 5 aliphatic carbocycles. The average molecular weight is 623 g/mol. The lowest BCUT2D eigenvalue weighted by atomic mass is 9.44. The van der Waals surface area contributed by atoms with Crippen LogP contribution in [0.2, 0.25) is 0 Å². The maximum atomic E-state index is 16.0. The van der Waals surface area contributed by atoms with E-state index in [4.69, 9.17) is 0 Å². The highest BCUT2D eigenvalue weighted by Crippen LogP contribution is 2.72. The molecule has 4 fully saturated rings. The maximum Gasteiger partial charge on any atom is 0.110 e. The molecule has 2 aromatic rings. The van der Waals surface area contributed by atoms with Gasteiger partial charge in [0.2, 0.25) is 0 Å². The number of hydrogen-bond donors (Lipinski definition) is 0. The first kappa shape index (κ1) is 32.6. The summed E-state index contributed by atoms with van der Waals surface area (Å²) in [4.78, 5) is 0. The van der Waals surface area contributed by atoms with Gasteiger partial charge in [0.25, 0.3) is 0 Å². The third-order valence-electron chi connectivity index (χ3n) is 15.8. The largest absolute Gasteiger partial charge is 0.244 e. The van der Waals surface area contributed by atoms with E-state index in [2.05, 4.69) is 97.0 Å². The number of allylic oxidation sites excluding steroid dienone is 2. The molecule has 6 atom stereocenters. The summed E-state index contributed by atoms with van der Waals surface area (Å²) >= 11 is 0. The van der Waals surface area contributed by atoms with Gasteiger partial charge in [-0.2, -0.15) is 0 Å². The molecular formula is C45H63F. The quantitative estimate of drug-likeness (QED) is 0.298. The van der Waals surface area contributed by atoms with Crippen LogP contribution in [-0.4, -0.2) is 5.67 Å². The number of alkyl halides is 1. The van der Waals surface area contributed by atoms with Gasteiger partial charge in [0.15, 0.2) is 0 Å². The predicted octanol–water partition coefficient (Wildman–Crippen LogP) is 13.4. The Kier molecular flexibility index (Phi) is 7.67. The first-order valence-corrected chi connectivity index (χ1v) is 19.1. The molecule has 0 aromatic heterocycles. The summed E-state index contributed by atoms with van der Waals surface area (Å²) in [7, 11) is 0. The van der Waals surface area contributed by atoms with Crippen LogP contribution in [-0.2, 0) is 0 Å². The molecule has 0 bridgehead atoms. The Hall–Kier alpha value is -1.89. The zero-order chi connectivity index (χ0) is 32.9. The number of aryl methyl sites for hydroxylation is 1. The summed E-state index contributed by atoms with van der Waals surface area (Å²) < 4.78 is 16.0. The zero-order valence-corrected chi connectivity index (χ0v) is 30.8. The number of fused-ring (bicyclic) bond motifs is 4. The van der Waals surface area contributed by atoms with E-state index in [9.17, 15) is 0 Å². The second-order valence-corrected chi connectivity index (χ2v) is 19.7. The summed E-state index contributed by atoms with van der Waals surface area (Å²) in [6.07, 6.45) is 16.1. The number of rotatable bonds is 4. The molecule has 0 N–H and O–H groups in total. The summed E-state index contributed by atoms with van der Waals surface area (Å²) in [5.41, 5.74) is 9.20. The molecule has 4 saturated carbocycles. The van der Waals surface area contributed by atoms with Gasteiger partial charge in [-0.05, 0) is 154 Å². The molecule has 250 valence electrons. The van der Waals surface area contributed by atoms with Gasteiger partial charge < -0.3 is 0 Å². The van der Waals surface area contributed by atoms with Crippen LogP contribution in [0.4, 0.5) is 4.39 Å². The van der Waals surface area contributed by atoms with Gasteiger partial charge in [-0.1, -0.05) is 107 Å². The molecule has 1 heteroatoms. The van der Waals surface area contributed by atoms with E-state index in [0.717, 1.165) is 0 Å². The molecular weight excluding hydrogens is 559 g/mol. The Bertz CT molecular complexity index is 1470. The van der Waals surface area contributed by atoms with Gasteiger partial charge in [0.05, 0.1) is 0 Å². The molecule has 0 nitrogen and oxygen atoms in total. The standard InChI is InChI=1S/C45H63F/c1-30-10-12-31(13-11-30)32-14-16-33(17-15-32)35-28-44(9)36(18-19-38(44)41(4,5)42(6,7)46)34-20-22-43(8)29-45(23-21-37(43)39(34)35)26-24-40(2,3)25-27-45/h10-17,34-36,38H,18-29H2,1-9H3/t34?,35?,36?,38?,43-,44?/m0/s1. The molecule has 1 spiro atoms. The van der Waals surface area contributed by atoms with E-state index in [-0.39, 0.29) is 10.8 Å². The summed E-state index contributed by atoms with van der Waals surface area (Å²) in [6.45, 7) is 20.6. The Labute approximate surface area is 281 Å². The molecule has 7 rings (SSSR count). The van der Waals surface area contributed by atoms with Crippen LogP contribution in [0.3, 0.4) is 0 Å². The third-order valence-corrected chi connectivity index (χ3v) is 15.8. The van der Waals surface area contributed by atoms with Crippen LogP contribution >= 0.6 is 0 Å². The molecule has 0 amide bonds. The first-order chi connectivity index (χ1) is 21.5. The fourth-order valence-corrected chi connectivity index (χ4v) is 12.4. The van der Waals surface area contributed by atoms with Crippen molar-refractivity contribution in [3.05, 3.63) is 70.8 Å². The van der Waals surface area contributed by atoms with Crippen molar-refractivity contribution < 1.29 is 4.39 Å². The molecule has 5 aliphatic rings. The van der Waals surface area contributed by atoms with Crippen molar-refractivity contribution >= 4 is 0 Å². The average Bonchev–Trinajstić information content (AvgIpc) is 3.35. The monoisotopic (exact) mass is 622 g/mol. The minimum atomic E-state index is -1.20. The van der Waals surface area contributed by atoms with Crippen molar-refractivity contribution in [1.82, 2.24) is 0 Å². The van der Waals surface area contributed by atoms with Crippen LogP contribution in [0.1, 0.15) is 149 Å². The fourth-order valence-electron chi connectivity index (χ4n) is 12.4. The highest BCUT2D eigenvalue weighted by atomic mass is 19.1. The highest BCUT2D eigenvalue weighted by Gasteiger charge is 2.63. The van der Waals surface area contributed by atoms with Crippen LogP contribution in [0.5, 0.6) is 0 Å². The Morgan fingerprint density at radius 3 is 1.93 bits per heavy atom.